The summed E-state index contributed by atoms with van der Waals surface area (Å²) in [5.41, 5.74) is 3.13. The van der Waals surface area contributed by atoms with E-state index in [9.17, 15) is 9.59 Å². The number of amides is 2. The molecule has 0 bridgehead atoms. The smallest absolute Gasteiger partial charge is 0.257 e. The summed E-state index contributed by atoms with van der Waals surface area (Å²) in [6.07, 6.45) is 0.695. The van der Waals surface area contributed by atoms with E-state index in [1.54, 1.807) is 38.5 Å². The number of rotatable bonds is 10. The lowest BCUT2D eigenvalue weighted by Crippen LogP contribution is -2.47. The number of piperazine rings is 1. The van der Waals surface area contributed by atoms with Crippen molar-refractivity contribution >= 4 is 52.1 Å². The van der Waals surface area contributed by atoms with E-state index in [2.05, 4.69) is 26.5 Å². The molecule has 2 amide bonds. The van der Waals surface area contributed by atoms with Gasteiger partial charge in [0, 0.05) is 62.8 Å². The SMILES string of the molecule is COCCCNC(=O)c1cc(NC(=O)c2ccc(Cl)cc2Cl)ccc1N1CCN(c2ccccc2OC)CC1. The van der Waals surface area contributed by atoms with E-state index >= 15 is 0 Å². The maximum absolute atomic E-state index is 13.3. The highest BCUT2D eigenvalue weighted by molar-refractivity contribution is 6.37. The van der Waals surface area contributed by atoms with Crippen molar-refractivity contribution in [1.82, 2.24) is 5.32 Å². The van der Waals surface area contributed by atoms with Gasteiger partial charge in [-0.05, 0) is 55.0 Å². The molecule has 0 radical (unpaired) electrons. The molecule has 3 aromatic rings. The number of ether oxygens (including phenoxy) is 2. The van der Waals surface area contributed by atoms with Crippen LogP contribution in [-0.4, -0.2) is 65.4 Å². The highest BCUT2D eigenvalue weighted by Gasteiger charge is 2.24. The molecule has 206 valence electrons. The van der Waals surface area contributed by atoms with E-state index in [0.29, 0.717) is 54.5 Å². The molecule has 0 saturated carbocycles. The standard InChI is InChI=1S/C29H32Cl2N4O4/c1-38-17-5-12-32-28(36)23-19-21(33-29(37)22-10-8-20(30)18-24(22)31)9-11-25(23)34-13-15-35(16-14-34)26-6-3-4-7-27(26)39-2/h3-4,6-11,18-19H,5,12-17H2,1-2H3,(H,32,36)(H,33,37). The number of methoxy groups -OCH3 is 2. The van der Waals surface area contributed by atoms with Gasteiger partial charge in [-0.2, -0.15) is 0 Å². The molecule has 0 unspecified atom stereocenters. The summed E-state index contributed by atoms with van der Waals surface area (Å²) in [6, 6.07) is 18.0. The predicted octanol–water partition coefficient (Wildman–Crippen LogP) is 5.35. The van der Waals surface area contributed by atoms with Crippen LogP contribution in [0.3, 0.4) is 0 Å². The van der Waals surface area contributed by atoms with Gasteiger partial charge in [0.25, 0.3) is 11.8 Å². The zero-order valence-corrected chi connectivity index (χ0v) is 23.5. The van der Waals surface area contributed by atoms with Crippen LogP contribution in [0.5, 0.6) is 5.75 Å². The molecule has 0 aromatic heterocycles. The lowest BCUT2D eigenvalue weighted by atomic mass is 10.1. The number of nitrogens with zero attached hydrogens (tertiary/aromatic N) is 2. The number of nitrogens with one attached hydrogen (secondary N) is 2. The molecule has 8 nitrogen and oxygen atoms in total. The second-order valence-electron chi connectivity index (χ2n) is 9.06. The molecule has 1 aliphatic heterocycles. The van der Waals surface area contributed by atoms with Gasteiger partial charge in [-0.15, -0.1) is 0 Å². The molecule has 3 aromatic carbocycles. The third kappa shape index (κ3) is 7.15. The second-order valence-corrected chi connectivity index (χ2v) is 9.90. The topological polar surface area (TPSA) is 83.1 Å². The summed E-state index contributed by atoms with van der Waals surface area (Å²) >= 11 is 12.2. The van der Waals surface area contributed by atoms with Crippen LogP contribution in [0.15, 0.2) is 60.7 Å². The van der Waals surface area contributed by atoms with Gasteiger partial charge in [-0.1, -0.05) is 35.3 Å². The molecule has 1 heterocycles. The van der Waals surface area contributed by atoms with Crippen LogP contribution in [0.25, 0.3) is 0 Å². The average molecular weight is 572 g/mol. The van der Waals surface area contributed by atoms with Crippen molar-refractivity contribution in [3.63, 3.8) is 0 Å². The highest BCUT2D eigenvalue weighted by Crippen LogP contribution is 2.31. The fourth-order valence-corrected chi connectivity index (χ4v) is 5.03. The Morgan fingerprint density at radius 3 is 2.26 bits per heavy atom. The molecule has 1 saturated heterocycles. The van der Waals surface area contributed by atoms with E-state index in [4.69, 9.17) is 32.7 Å². The van der Waals surface area contributed by atoms with E-state index in [0.717, 1.165) is 30.2 Å². The van der Waals surface area contributed by atoms with Gasteiger partial charge in [0.1, 0.15) is 5.75 Å². The van der Waals surface area contributed by atoms with Crippen LogP contribution >= 0.6 is 23.2 Å². The molecule has 1 aliphatic rings. The maximum atomic E-state index is 13.3. The van der Waals surface area contributed by atoms with Crippen molar-refractivity contribution in [3.8, 4) is 5.75 Å². The first kappa shape index (κ1) is 28.5. The molecule has 0 spiro atoms. The Balaban J connectivity index is 1.54. The molecule has 1 fully saturated rings. The van der Waals surface area contributed by atoms with Crippen molar-refractivity contribution in [2.45, 2.75) is 6.42 Å². The van der Waals surface area contributed by atoms with Crippen molar-refractivity contribution in [2.24, 2.45) is 0 Å². The van der Waals surface area contributed by atoms with Crippen molar-refractivity contribution in [3.05, 3.63) is 81.8 Å². The third-order valence-electron chi connectivity index (χ3n) is 6.53. The lowest BCUT2D eigenvalue weighted by Gasteiger charge is -2.38. The van der Waals surface area contributed by atoms with Crippen LogP contribution < -0.4 is 25.2 Å². The summed E-state index contributed by atoms with van der Waals surface area (Å²) in [6.45, 7) is 3.99. The minimum atomic E-state index is -0.388. The molecular weight excluding hydrogens is 539 g/mol. The van der Waals surface area contributed by atoms with Crippen molar-refractivity contribution < 1.29 is 19.1 Å². The summed E-state index contributed by atoms with van der Waals surface area (Å²) < 4.78 is 10.6. The van der Waals surface area contributed by atoms with Gasteiger partial charge in [-0.3, -0.25) is 9.59 Å². The largest absolute Gasteiger partial charge is 0.495 e. The lowest BCUT2D eigenvalue weighted by molar-refractivity contribution is 0.0947. The average Bonchev–Trinajstić information content (AvgIpc) is 2.95. The van der Waals surface area contributed by atoms with Crippen LogP contribution in [0.1, 0.15) is 27.1 Å². The molecule has 4 rings (SSSR count). The highest BCUT2D eigenvalue weighted by atomic mass is 35.5. The monoisotopic (exact) mass is 570 g/mol. The van der Waals surface area contributed by atoms with Crippen LogP contribution in [-0.2, 0) is 4.74 Å². The number of benzene rings is 3. The fraction of sp³-hybridized carbons (Fsp3) is 0.310. The normalized spacial score (nSPS) is 13.2. The minimum Gasteiger partial charge on any atom is -0.495 e. The first-order valence-corrected chi connectivity index (χ1v) is 13.5. The van der Waals surface area contributed by atoms with E-state index < -0.39 is 0 Å². The Bertz CT molecular complexity index is 1310. The summed E-state index contributed by atoms with van der Waals surface area (Å²) in [4.78, 5) is 30.7. The Morgan fingerprint density at radius 2 is 1.56 bits per heavy atom. The Hall–Kier alpha value is -3.46. The van der Waals surface area contributed by atoms with Crippen molar-refractivity contribution in [2.75, 3.05) is 68.7 Å². The zero-order chi connectivity index (χ0) is 27.8. The Labute approximate surface area is 238 Å². The minimum absolute atomic E-state index is 0.214. The number of hydrogen-bond donors (Lipinski definition) is 2. The van der Waals surface area contributed by atoms with E-state index in [1.807, 2.05) is 24.3 Å². The maximum Gasteiger partial charge on any atom is 0.257 e. The molecular formula is C29H32Cl2N4O4. The number of carbonyl (C=O) groups is 2. The second kappa shape index (κ2) is 13.6. The van der Waals surface area contributed by atoms with Gasteiger partial charge >= 0.3 is 0 Å². The summed E-state index contributed by atoms with van der Waals surface area (Å²) in [5, 5.41) is 6.52. The molecule has 2 N–H and O–H groups in total. The van der Waals surface area contributed by atoms with Gasteiger partial charge in [-0.25, -0.2) is 0 Å². The first-order chi connectivity index (χ1) is 18.9. The number of hydrogen-bond acceptors (Lipinski definition) is 6. The molecule has 39 heavy (non-hydrogen) atoms. The zero-order valence-electron chi connectivity index (χ0n) is 22.0. The number of anilines is 3. The Morgan fingerprint density at radius 1 is 0.846 bits per heavy atom. The molecule has 0 aliphatic carbocycles. The number of para-hydroxylation sites is 2. The molecule has 0 atom stereocenters. The summed E-state index contributed by atoms with van der Waals surface area (Å²) in [7, 11) is 3.30. The number of halogens is 2. The number of carbonyl (C=O) groups excluding carboxylic acids is 2. The van der Waals surface area contributed by atoms with Gasteiger partial charge < -0.3 is 29.9 Å². The Kier molecular flexibility index (Phi) is 9.92. The first-order valence-electron chi connectivity index (χ1n) is 12.7. The van der Waals surface area contributed by atoms with Crippen LogP contribution in [0.2, 0.25) is 10.0 Å². The van der Waals surface area contributed by atoms with Gasteiger partial charge in [0.15, 0.2) is 0 Å². The van der Waals surface area contributed by atoms with Gasteiger partial charge in [0.2, 0.25) is 0 Å². The van der Waals surface area contributed by atoms with E-state index in [-0.39, 0.29) is 16.8 Å². The third-order valence-corrected chi connectivity index (χ3v) is 7.08. The van der Waals surface area contributed by atoms with Crippen LogP contribution in [0.4, 0.5) is 17.1 Å². The predicted molar refractivity (Wildman–Crippen MR) is 157 cm³/mol. The fourth-order valence-electron chi connectivity index (χ4n) is 4.54. The summed E-state index contributed by atoms with van der Waals surface area (Å²) in [5.74, 6) is 0.234. The van der Waals surface area contributed by atoms with Crippen LogP contribution in [0, 0.1) is 0 Å². The van der Waals surface area contributed by atoms with E-state index in [1.165, 1.54) is 6.07 Å². The molecule has 10 heteroatoms. The van der Waals surface area contributed by atoms with Crippen molar-refractivity contribution in [1.29, 1.82) is 0 Å². The van der Waals surface area contributed by atoms with Gasteiger partial charge in [0.05, 0.1) is 28.9 Å². The quantitative estimate of drug-likeness (QED) is 0.320.